The Bertz CT molecular complexity index is 307. The van der Waals surface area contributed by atoms with Gasteiger partial charge in [-0.25, -0.2) is 0 Å². The Labute approximate surface area is 88.3 Å². The van der Waals surface area contributed by atoms with Gasteiger partial charge in [0.1, 0.15) is 0 Å². The van der Waals surface area contributed by atoms with Crippen LogP contribution in [0.4, 0.5) is 0 Å². The van der Waals surface area contributed by atoms with E-state index >= 15 is 0 Å². The van der Waals surface area contributed by atoms with Crippen LogP contribution in [-0.2, 0) is 0 Å². The van der Waals surface area contributed by atoms with Crippen molar-refractivity contribution in [2.24, 2.45) is 5.92 Å². The number of carbonyl (C=O) groups excluding carboxylic acids is 1. The molecule has 0 aromatic carbocycles. The molecule has 0 saturated carbocycles. The van der Waals surface area contributed by atoms with E-state index < -0.39 is 0 Å². The molecule has 1 aliphatic rings. The smallest absolute Gasteiger partial charge is 0.168 e. The Morgan fingerprint density at radius 1 is 1.64 bits per heavy atom. The zero-order chi connectivity index (χ0) is 9.97. The van der Waals surface area contributed by atoms with Crippen LogP contribution in [0, 0.1) is 5.92 Å². The second-order valence-electron chi connectivity index (χ2n) is 3.87. The van der Waals surface area contributed by atoms with E-state index in [2.05, 4.69) is 12.2 Å². The van der Waals surface area contributed by atoms with Crippen molar-refractivity contribution in [2.45, 2.75) is 25.8 Å². The maximum Gasteiger partial charge on any atom is 0.168 e. The fourth-order valence-corrected chi connectivity index (χ4v) is 2.67. The lowest BCUT2D eigenvalue weighted by Crippen LogP contribution is -2.42. The maximum absolute atomic E-state index is 12.0. The topological polar surface area (TPSA) is 29.1 Å². The number of piperidine rings is 1. The standard InChI is InChI=1S/C11H15NOS/c1-8-10(3-2-5-12-8)11(13)9-4-6-14-7-9/h4,6-8,10,12H,2-3,5H2,1H3. The fraction of sp³-hybridized carbons (Fsp3) is 0.545. The van der Waals surface area contributed by atoms with Gasteiger partial charge >= 0.3 is 0 Å². The molecule has 1 N–H and O–H groups in total. The zero-order valence-corrected chi connectivity index (χ0v) is 9.14. The zero-order valence-electron chi connectivity index (χ0n) is 8.32. The van der Waals surface area contributed by atoms with Crippen LogP contribution in [0.25, 0.3) is 0 Å². The van der Waals surface area contributed by atoms with E-state index in [4.69, 9.17) is 0 Å². The van der Waals surface area contributed by atoms with E-state index in [1.165, 1.54) is 0 Å². The molecule has 3 heteroatoms. The van der Waals surface area contributed by atoms with Gasteiger partial charge in [-0.3, -0.25) is 4.79 Å². The number of nitrogens with one attached hydrogen (secondary N) is 1. The van der Waals surface area contributed by atoms with Gasteiger partial charge in [0.05, 0.1) is 0 Å². The second-order valence-corrected chi connectivity index (χ2v) is 4.65. The van der Waals surface area contributed by atoms with Gasteiger partial charge in [-0.05, 0) is 37.8 Å². The summed E-state index contributed by atoms with van der Waals surface area (Å²) in [5.41, 5.74) is 0.885. The molecule has 76 valence electrons. The minimum absolute atomic E-state index is 0.179. The highest BCUT2D eigenvalue weighted by atomic mass is 32.1. The molecule has 2 nitrogen and oxygen atoms in total. The average Bonchev–Trinajstić information content (AvgIpc) is 2.70. The first kappa shape index (κ1) is 9.87. The predicted octanol–water partition coefficient (Wildman–Crippen LogP) is 2.32. The van der Waals surface area contributed by atoms with Crippen molar-refractivity contribution in [1.29, 1.82) is 0 Å². The summed E-state index contributed by atoms with van der Waals surface area (Å²) in [6.07, 6.45) is 2.15. The summed E-state index contributed by atoms with van der Waals surface area (Å²) in [5, 5.41) is 7.27. The molecule has 1 fully saturated rings. The molecule has 1 aromatic rings. The van der Waals surface area contributed by atoms with Crippen molar-refractivity contribution >= 4 is 17.1 Å². The van der Waals surface area contributed by atoms with Crippen LogP contribution in [0.5, 0.6) is 0 Å². The number of hydrogen-bond acceptors (Lipinski definition) is 3. The summed E-state index contributed by atoms with van der Waals surface area (Å²) < 4.78 is 0. The summed E-state index contributed by atoms with van der Waals surface area (Å²) in [5.74, 6) is 0.490. The van der Waals surface area contributed by atoms with Crippen LogP contribution in [0.1, 0.15) is 30.1 Å². The number of Topliss-reactive ketones (excluding diaryl/α,β-unsaturated/α-hetero) is 1. The van der Waals surface area contributed by atoms with Crippen molar-refractivity contribution in [3.8, 4) is 0 Å². The summed E-state index contributed by atoms with van der Waals surface area (Å²) in [7, 11) is 0. The third-order valence-corrected chi connectivity index (χ3v) is 3.59. The lowest BCUT2D eigenvalue weighted by Gasteiger charge is -2.28. The molecule has 1 aliphatic heterocycles. The Kier molecular flexibility index (Phi) is 2.99. The van der Waals surface area contributed by atoms with Gasteiger partial charge in [0.2, 0.25) is 0 Å². The summed E-state index contributed by atoms with van der Waals surface area (Å²) in [6, 6.07) is 2.25. The quantitative estimate of drug-likeness (QED) is 0.757. The van der Waals surface area contributed by atoms with Gasteiger partial charge in [-0.2, -0.15) is 11.3 Å². The van der Waals surface area contributed by atoms with Gasteiger partial charge in [-0.15, -0.1) is 0 Å². The average molecular weight is 209 g/mol. The van der Waals surface area contributed by atoms with Gasteiger partial charge in [-0.1, -0.05) is 0 Å². The molecule has 2 rings (SSSR count). The van der Waals surface area contributed by atoms with Crippen LogP contribution in [-0.4, -0.2) is 18.4 Å². The first-order chi connectivity index (χ1) is 6.79. The lowest BCUT2D eigenvalue weighted by molar-refractivity contribution is 0.0867. The first-order valence-electron chi connectivity index (χ1n) is 5.09. The highest BCUT2D eigenvalue weighted by Gasteiger charge is 2.28. The first-order valence-corrected chi connectivity index (χ1v) is 6.03. The molecule has 1 saturated heterocycles. The van der Waals surface area contributed by atoms with Gasteiger partial charge < -0.3 is 5.32 Å². The number of carbonyl (C=O) groups is 1. The third-order valence-electron chi connectivity index (χ3n) is 2.90. The van der Waals surface area contributed by atoms with E-state index in [1.54, 1.807) is 11.3 Å². The van der Waals surface area contributed by atoms with E-state index in [0.717, 1.165) is 24.9 Å². The number of hydrogen-bond donors (Lipinski definition) is 1. The predicted molar refractivity (Wildman–Crippen MR) is 58.8 cm³/mol. The summed E-state index contributed by atoms with van der Waals surface area (Å²) >= 11 is 1.59. The molecular formula is C11H15NOS. The molecule has 2 unspecified atom stereocenters. The van der Waals surface area contributed by atoms with E-state index in [-0.39, 0.29) is 5.92 Å². The Balaban J connectivity index is 2.10. The van der Waals surface area contributed by atoms with Crippen LogP contribution in [0.3, 0.4) is 0 Å². The van der Waals surface area contributed by atoms with E-state index in [9.17, 15) is 4.79 Å². The van der Waals surface area contributed by atoms with Crippen molar-refractivity contribution < 1.29 is 4.79 Å². The molecule has 0 amide bonds. The molecule has 0 aliphatic carbocycles. The Hall–Kier alpha value is -0.670. The molecule has 1 aromatic heterocycles. The lowest BCUT2D eigenvalue weighted by atomic mass is 9.86. The normalized spacial score (nSPS) is 27.5. The minimum atomic E-state index is 0.179. The Morgan fingerprint density at radius 3 is 3.14 bits per heavy atom. The van der Waals surface area contributed by atoms with Gasteiger partial charge in [0, 0.05) is 22.9 Å². The van der Waals surface area contributed by atoms with Crippen LogP contribution in [0.2, 0.25) is 0 Å². The molecule has 14 heavy (non-hydrogen) atoms. The molecule has 0 bridgehead atoms. The second kappa shape index (κ2) is 4.24. The molecule has 2 atom stereocenters. The van der Waals surface area contributed by atoms with E-state index in [1.807, 2.05) is 16.8 Å². The fourth-order valence-electron chi connectivity index (χ4n) is 2.02. The van der Waals surface area contributed by atoms with Crippen molar-refractivity contribution in [3.63, 3.8) is 0 Å². The monoisotopic (exact) mass is 209 g/mol. The summed E-state index contributed by atoms with van der Waals surface area (Å²) in [6.45, 7) is 3.16. The third kappa shape index (κ3) is 1.88. The van der Waals surface area contributed by atoms with Crippen LogP contribution in [0.15, 0.2) is 16.8 Å². The number of rotatable bonds is 2. The number of ketones is 1. The SMILES string of the molecule is CC1NCCCC1C(=O)c1ccsc1. The Morgan fingerprint density at radius 2 is 2.50 bits per heavy atom. The van der Waals surface area contributed by atoms with Gasteiger partial charge in [0.25, 0.3) is 0 Å². The van der Waals surface area contributed by atoms with Crippen molar-refractivity contribution in [2.75, 3.05) is 6.54 Å². The van der Waals surface area contributed by atoms with Crippen LogP contribution < -0.4 is 5.32 Å². The molecule has 0 spiro atoms. The highest BCUT2D eigenvalue weighted by molar-refractivity contribution is 7.08. The molecule has 2 heterocycles. The highest BCUT2D eigenvalue weighted by Crippen LogP contribution is 2.22. The minimum Gasteiger partial charge on any atom is -0.314 e. The molecular weight excluding hydrogens is 194 g/mol. The van der Waals surface area contributed by atoms with Crippen molar-refractivity contribution in [1.82, 2.24) is 5.32 Å². The number of thiophene rings is 1. The van der Waals surface area contributed by atoms with Gasteiger partial charge in [0.15, 0.2) is 5.78 Å². The maximum atomic E-state index is 12.0. The van der Waals surface area contributed by atoms with Crippen LogP contribution >= 0.6 is 11.3 Å². The largest absolute Gasteiger partial charge is 0.314 e. The summed E-state index contributed by atoms with van der Waals surface area (Å²) in [4.78, 5) is 12.0. The molecule has 0 radical (unpaired) electrons. The van der Waals surface area contributed by atoms with Crippen molar-refractivity contribution in [3.05, 3.63) is 22.4 Å². The van der Waals surface area contributed by atoms with E-state index in [0.29, 0.717) is 11.8 Å².